The minimum absolute atomic E-state index is 0.735. The third-order valence-electron chi connectivity index (χ3n) is 7.33. The van der Waals surface area contributed by atoms with Crippen molar-refractivity contribution in [1.29, 1.82) is 0 Å². The highest BCUT2D eigenvalue weighted by molar-refractivity contribution is 6.06. The predicted molar refractivity (Wildman–Crippen MR) is 68.8 cm³/mol. The highest BCUT2D eigenvalue weighted by Gasteiger charge is 3.69. The highest BCUT2D eigenvalue weighted by Crippen LogP contribution is 3.15. The molecule has 0 N–H and O–H groups in total. The molecule has 0 aliphatic heterocycles. The molecule has 0 aromatic carbocycles. The molecule has 0 heterocycles. The Hall–Kier alpha value is -3.57. The van der Waals surface area contributed by atoms with Gasteiger partial charge in [0.25, 0.3) is 0 Å². The van der Waals surface area contributed by atoms with Gasteiger partial charge in [0.15, 0.2) is 0 Å². The van der Waals surface area contributed by atoms with Crippen LogP contribution in [0.4, 0.5) is 0 Å². The SMILES string of the molecule is [C-]#[N+]C12C3C4([N+]#[C-])C1([N+]#[C-])C1([N+]#[C-])C2([N+]#[C-])C3([N+]#[C-])C41[N+]#[C-]. The molecule has 0 aromatic rings. The molecular weight excluding hydrogens is 278 g/mol. The van der Waals surface area contributed by atoms with Crippen molar-refractivity contribution in [3.63, 3.8) is 0 Å². The van der Waals surface area contributed by atoms with Gasteiger partial charge in [-0.3, -0.25) is 33.9 Å². The molecule has 7 nitrogen and oxygen atoms in total. The molecule has 0 radical (unpaired) electrons. The Kier molecular flexibility index (Phi) is 1.01. The van der Waals surface area contributed by atoms with Crippen LogP contribution < -0.4 is 0 Å². The molecule has 0 atom stereocenters. The van der Waals surface area contributed by atoms with Gasteiger partial charge in [0.1, 0.15) is 0 Å². The van der Waals surface area contributed by atoms with Crippen molar-refractivity contribution < 1.29 is 0 Å². The molecule has 6 saturated carbocycles. The zero-order valence-corrected chi connectivity index (χ0v) is 10.7. The van der Waals surface area contributed by atoms with Crippen LogP contribution in [0.1, 0.15) is 0 Å². The summed E-state index contributed by atoms with van der Waals surface area (Å²) in [5.41, 5.74) is -10.8. The summed E-state index contributed by atoms with van der Waals surface area (Å²) < 4.78 is 0. The maximum Gasteiger partial charge on any atom is 0.511 e. The summed E-state index contributed by atoms with van der Waals surface area (Å²) in [7, 11) is 0. The van der Waals surface area contributed by atoms with E-state index in [-0.39, 0.29) is 0 Å². The van der Waals surface area contributed by atoms with Crippen LogP contribution in [0.5, 0.6) is 0 Å². The van der Waals surface area contributed by atoms with Crippen molar-refractivity contribution in [3.05, 3.63) is 79.9 Å². The number of hydrogen-bond donors (Lipinski definition) is 0. The fraction of sp³-hybridized carbons (Fsp3) is 0.533. The van der Waals surface area contributed by atoms with Crippen LogP contribution in [0.15, 0.2) is 0 Å². The molecule has 6 aliphatic rings. The first-order valence-electron chi connectivity index (χ1n) is 6.25. The van der Waals surface area contributed by atoms with E-state index < -0.39 is 44.7 Å². The lowest BCUT2D eigenvalue weighted by molar-refractivity contribution is -0.534. The van der Waals surface area contributed by atoms with Gasteiger partial charge in [-0.2, -0.15) is 0 Å². The molecule has 0 spiro atoms. The van der Waals surface area contributed by atoms with Gasteiger partial charge in [0, 0.05) is 0 Å². The van der Waals surface area contributed by atoms with E-state index in [0.717, 1.165) is 0 Å². The standard InChI is InChI=1S/C15HN7/c1-16-9-8-10(17-2)12(9,19-4)15(22-7)13(9,20-5)11(8,18-3)14(10,15)21-6/h8H. The van der Waals surface area contributed by atoms with Gasteiger partial charge >= 0.3 is 38.8 Å². The molecule has 7 heteroatoms. The molecule has 6 rings (SSSR count). The van der Waals surface area contributed by atoms with E-state index in [1.165, 1.54) is 0 Å². The van der Waals surface area contributed by atoms with Crippen LogP contribution in [-0.4, -0.2) is 38.8 Å². The van der Waals surface area contributed by atoms with Crippen LogP contribution in [0.3, 0.4) is 0 Å². The first-order chi connectivity index (χ1) is 10.5. The van der Waals surface area contributed by atoms with E-state index in [2.05, 4.69) is 33.9 Å². The van der Waals surface area contributed by atoms with Gasteiger partial charge in [0.2, 0.25) is 5.92 Å². The number of hydrogen-bond acceptors (Lipinski definition) is 0. The second-order valence-corrected chi connectivity index (χ2v) is 6.36. The van der Waals surface area contributed by atoms with Gasteiger partial charge in [0.05, 0.1) is 0 Å². The lowest BCUT2D eigenvalue weighted by atomic mass is 8.84. The highest BCUT2D eigenvalue weighted by atomic mass is 15.6. The van der Waals surface area contributed by atoms with Crippen molar-refractivity contribution in [1.82, 2.24) is 0 Å². The van der Waals surface area contributed by atoms with Gasteiger partial charge < -0.3 is 0 Å². The Labute approximate surface area is 125 Å². The average Bonchev–Trinajstić information content (AvgIpc) is 2.56. The summed E-state index contributed by atoms with van der Waals surface area (Å²) in [6, 6.07) is 0. The number of rotatable bonds is 0. The Morgan fingerprint density at radius 1 is 0.409 bits per heavy atom. The second kappa shape index (κ2) is 2.01. The summed E-state index contributed by atoms with van der Waals surface area (Å²) in [5.74, 6) is -0.735. The van der Waals surface area contributed by atoms with Crippen LogP contribution >= 0.6 is 0 Å². The Bertz CT molecular complexity index is 922. The average molecular weight is 279 g/mol. The third-order valence-corrected chi connectivity index (χ3v) is 7.33. The van der Waals surface area contributed by atoms with E-state index in [1.54, 1.807) is 0 Å². The van der Waals surface area contributed by atoms with Gasteiger partial charge in [-0.05, 0) is 0 Å². The van der Waals surface area contributed by atoms with Crippen LogP contribution in [-0.2, 0) is 0 Å². The van der Waals surface area contributed by atoms with E-state index in [4.69, 9.17) is 46.0 Å². The van der Waals surface area contributed by atoms with Gasteiger partial charge in [-0.25, -0.2) is 46.0 Å². The summed E-state index contributed by atoms with van der Waals surface area (Å²) in [6.45, 7) is 52.9. The summed E-state index contributed by atoms with van der Waals surface area (Å²) in [6.07, 6.45) is 0. The topological polar surface area (TPSA) is 30.5 Å². The minimum atomic E-state index is -1.67. The zero-order valence-electron chi connectivity index (χ0n) is 10.7. The minimum Gasteiger partial charge on any atom is -0.289 e. The first kappa shape index (κ1) is 11.1. The second-order valence-electron chi connectivity index (χ2n) is 6.36. The molecule has 0 amide bonds. The Balaban J connectivity index is 2.02. The third kappa shape index (κ3) is 0.289. The molecule has 0 saturated heterocycles. The van der Waals surface area contributed by atoms with Crippen molar-refractivity contribution >= 4 is 0 Å². The molecule has 6 fully saturated rings. The van der Waals surface area contributed by atoms with Gasteiger partial charge in [-0.15, -0.1) is 0 Å². The number of nitrogens with zero attached hydrogens (tertiary/aromatic N) is 7. The quantitative estimate of drug-likeness (QED) is 0.598. The monoisotopic (exact) mass is 279 g/mol. The molecule has 22 heavy (non-hydrogen) atoms. The van der Waals surface area contributed by atoms with Crippen molar-refractivity contribution in [2.24, 2.45) is 5.92 Å². The molecule has 6 aliphatic carbocycles. The summed E-state index contributed by atoms with van der Waals surface area (Å²) in [4.78, 5) is 24.7. The normalized spacial score (nSPS) is 67.6. The molecular formula is C15HN7. The van der Waals surface area contributed by atoms with Crippen molar-refractivity contribution in [3.8, 4) is 0 Å². The van der Waals surface area contributed by atoms with Gasteiger partial charge in [-0.1, -0.05) is 0 Å². The van der Waals surface area contributed by atoms with E-state index in [0.29, 0.717) is 0 Å². The van der Waals surface area contributed by atoms with Crippen molar-refractivity contribution in [2.75, 3.05) is 0 Å². The van der Waals surface area contributed by atoms with Crippen LogP contribution in [0, 0.1) is 51.9 Å². The first-order valence-corrected chi connectivity index (χ1v) is 6.25. The zero-order chi connectivity index (χ0) is 16.0. The Morgan fingerprint density at radius 2 is 0.682 bits per heavy atom. The molecule has 0 aromatic heterocycles. The maximum atomic E-state index is 7.58. The lowest BCUT2D eigenvalue weighted by Gasteiger charge is -2.90. The molecule has 0 unspecified atom stereocenters. The smallest absolute Gasteiger partial charge is 0.289 e. The van der Waals surface area contributed by atoms with Crippen LogP contribution in [0.25, 0.3) is 33.9 Å². The molecule has 0 bridgehead atoms. The summed E-state index contributed by atoms with van der Waals surface area (Å²) in [5, 5.41) is 0. The fourth-order valence-electron chi connectivity index (χ4n) is 7.51. The van der Waals surface area contributed by atoms with Crippen LogP contribution in [0.2, 0.25) is 0 Å². The lowest BCUT2D eigenvalue weighted by Crippen LogP contribution is -3.43. The maximum absolute atomic E-state index is 7.58. The largest absolute Gasteiger partial charge is 0.511 e. The van der Waals surface area contributed by atoms with E-state index in [1.807, 2.05) is 0 Å². The van der Waals surface area contributed by atoms with Crippen molar-refractivity contribution in [2.45, 2.75) is 38.8 Å². The van der Waals surface area contributed by atoms with E-state index in [9.17, 15) is 0 Å². The predicted octanol–water partition coefficient (Wildman–Crippen LogP) is 1.28. The molecule has 96 valence electrons. The fourth-order valence-corrected chi connectivity index (χ4v) is 7.51. The Morgan fingerprint density at radius 3 is 0.864 bits per heavy atom. The van der Waals surface area contributed by atoms with E-state index >= 15 is 0 Å². The summed E-state index contributed by atoms with van der Waals surface area (Å²) >= 11 is 0.